The van der Waals surface area contributed by atoms with Gasteiger partial charge in [-0.05, 0) is 13.3 Å². The normalized spacial score (nSPS) is 12.0. The zero-order chi connectivity index (χ0) is 10.4. The van der Waals surface area contributed by atoms with Crippen LogP contribution < -0.4 is 5.32 Å². The van der Waals surface area contributed by atoms with Gasteiger partial charge in [0, 0.05) is 13.6 Å². The number of hydrogen-bond donors (Lipinski definition) is 1. The lowest BCUT2D eigenvalue weighted by atomic mass is 10.4. The summed E-state index contributed by atoms with van der Waals surface area (Å²) in [4.78, 5) is 23.6. The molecule has 0 aromatic carbocycles. The number of alkyl halides is 1. The Bertz CT molecular complexity index is 195. The van der Waals surface area contributed by atoms with E-state index in [4.69, 9.17) is 11.6 Å². The van der Waals surface area contributed by atoms with Crippen molar-refractivity contribution in [1.29, 1.82) is 0 Å². The minimum absolute atomic E-state index is 0.403. The number of imide groups is 1. The summed E-state index contributed by atoms with van der Waals surface area (Å²) < 4.78 is 0. The van der Waals surface area contributed by atoms with Crippen LogP contribution in [0.4, 0.5) is 4.79 Å². The molecule has 13 heavy (non-hydrogen) atoms. The average molecular weight is 207 g/mol. The lowest BCUT2D eigenvalue weighted by Crippen LogP contribution is -2.43. The van der Waals surface area contributed by atoms with Crippen LogP contribution in [0.3, 0.4) is 0 Å². The fourth-order valence-corrected chi connectivity index (χ4v) is 0.792. The Morgan fingerprint density at radius 1 is 1.54 bits per heavy atom. The molecule has 0 fully saturated rings. The molecule has 0 spiro atoms. The van der Waals surface area contributed by atoms with E-state index in [0.29, 0.717) is 6.54 Å². The molecule has 1 atom stereocenters. The summed E-state index contributed by atoms with van der Waals surface area (Å²) in [5, 5.41) is 1.50. The minimum atomic E-state index is -0.682. The fraction of sp³-hybridized carbons (Fsp3) is 0.750. The van der Waals surface area contributed by atoms with Crippen LogP contribution in [0.25, 0.3) is 0 Å². The van der Waals surface area contributed by atoms with E-state index >= 15 is 0 Å². The van der Waals surface area contributed by atoms with E-state index in [0.717, 1.165) is 6.42 Å². The van der Waals surface area contributed by atoms with Gasteiger partial charge in [0.05, 0.1) is 0 Å². The highest BCUT2D eigenvalue weighted by molar-refractivity contribution is 6.31. The fourth-order valence-electron chi connectivity index (χ4n) is 0.737. The topological polar surface area (TPSA) is 49.4 Å². The molecule has 0 aromatic heterocycles. The van der Waals surface area contributed by atoms with Gasteiger partial charge in [-0.25, -0.2) is 4.79 Å². The summed E-state index contributed by atoms with van der Waals surface area (Å²) in [6, 6.07) is -0.403. The molecule has 0 saturated heterocycles. The van der Waals surface area contributed by atoms with Crippen LogP contribution in [0.5, 0.6) is 0 Å². The second-order valence-electron chi connectivity index (χ2n) is 2.83. The summed E-state index contributed by atoms with van der Waals surface area (Å²) in [5.41, 5.74) is 0. The number of amides is 3. The number of rotatable bonds is 3. The standard InChI is InChI=1S/C8H15ClN2O2/c1-4-5-11(3)8(13)10-7(12)6(2)9/h6H,4-5H2,1-3H3,(H,10,12,13). The largest absolute Gasteiger partial charge is 0.328 e. The lowest BCUT2D eigenvalue weighted by molar-refractivity contribution is -0.119. The van der Waals surface area contributed by atoms with Crippen molar-refractivity contribution in [2.75, 3.05) is 13.6 Å². The summed E-state index contributed by atoms with van der Waals surface area (Å²) in [7, 11) is 1.63. The van der Waals surface area contributed by atoms with Crippen LogP contribution in [0.2, 0.25) is 0 Å². The number of hydrogen-bond acceptors (Lipinski definition) is 2. The molecule has 0 aliphatic heterocycles. The molecular formula is C8H15ClN2O2. The maximum atomic E-state index is 11.2. The Balaban J connectivity index is 3.93. The van der Waals surface area contributed by atoms with Crippen molar-refractivity contribution < 1.29 is 9.59 Å². The van der Waals surface area contributed by atoms with Crippen molar-refractivity contribution >= 4 is 23.5 Å². The van der Waals surface area contributed by atoms with Crippen LogP contribution in [0.15, 0.2) is 0 Å². The molecule has 0 radical (unpaired) electrons. The maximum Gasteiger partial charge on any atom is 0.323 e. The van der Waals surface area contributed by atoms with Crippen LogP contribution in [0.1, 0.15) is 20.3 Å². The minimum Gasteiger partial charge on any atom is -0.328 e. The second-order valence-corrected chi connectivity index (χ2v) is 3.49. The Morgan fingerprint density at radius 3 is 2.46 bits per heavy atom. The number of nitrogens with zero attached hydrogens (tertiary/aromatic N) is 1. The number of carbonyl (C=O) groups is 2. The van der Waals surface area contributed by atoms with Crippen LogP contribution in [-0.2, 0) is 4.79 Å². The van der Waals surface area contributed by atoms with E-state index in [2.05, 4.69) is 5.32 Å². The number of halogens is 1. The Morgan fingerprint density at radius 2 is 2.08 bits per heavy atom. The monoisotopic (exact) mass is 206 g/mol. The Kier molecular flexibility index (Phi) is 5.46. The van der Waals surface area contributed by atoms with Gasteiger partial charge in [-0.1, -0.05) is 6.92 Å². The van der Waals surface area contributed by atoms with Gasteiger partial charge in [-0.15, -0.1) is 11.6 Å². The number of nitrogens with one attached hydrogen (secondary N) is 1. The van der Waals surface area contributed by atoms with Gasteiger partial charge in [0.2, 0.25) is 5.91 Å². The van der Waals surface area contributed by atoms with Gasteiger partial charge in [-0.2, -0.15) is 0 Å². The average Bonchev–Trinajstić information content (AvgIpc) is 2.04. The highest BCUT2D eigenvalue weighted by atomic mass is 35.5. The smallest absolute Gasteiger partial charge is 0.323 e. The van der Waals surface area contributed by atoms with Gasteiger partial charge >= 0.3 is 6.03 Å². The second kappa shape index (κ2) is 5.80. The molecule has 76 valence electrons. The molecule has 0 heterocycles. The summed E-state index contributed by atoms with van der Waals surface area (Å²) in [6.45, 7) is 4.09. The first-order valence-corrected chi connectivity index (χ1v) is 4.62. The van der Waals surface area contributed by atoms with E-state index in [1.165, 1.54) is 11.8 Å². The molecule has 1 unspecified atom stereocenters. The molecule has 0 aromatic rings. The molecule has 0 rings (SSSR count). The van der Waals surface area contributed by atoms with Crippen molar-refractivity contribution in [2.45, 2.75) is 25.6 Å². The molecule has 5 heteroatoms. The van der Waals surface area contributed by atoms with Crippen LogP contribution in [0, 0.1) is 0 Å². The first-order chi connectivity index (χ1) is 5.99. The predicted octanol–water partition coefficient (Wildman–Crippen LogP) is 1.19. The highest BCUT2D eigenvalue weighted by Crippen LogP contribution is 1.94. The zero-order valence-electron chi connectivity index (χ0n) is 8.13. The number of carbonyl (C=O) groups excluding carboxylic acids is 2. The Labute approximate surface area is 83.2 Å². The van der Waals surface area contributed by atoms with Gasteiger partial charge < -0.3 is 4.90 Å². The third kappa shape index (κ3) is 4.72. The first kappa shape index (κ1) is 12.2. The highest BCUT2D eigenvalue weighted by Gasteiger charge is 2.15. The van der Waals surface area contributed by atoms with Crippen molar-refractivity contribution in [3.05, 3.63) is 0 Å². The molecule has 0 bridgehead atoms. The SMILES string of the molecule is CCCN(C)C(=O)NC(=O)C(C)Cl. The molecule has 0 aliphatic carbocycles. The third-order valence-corrected chi connectivity index (χ3v) is 1.70. The van der Waals surface area contributed by atoms with E-state index in [9.17, 15) is 9.59 Å². The predicted molar refractivity (Wildman–Crippen MR) is 51.8 cm³/mol. The molecule has 1 N–H and O–H groups in total. The van der Waals surface area contributed by atoms with Crippen molar-refractivity contribution in [2.24, 2.45) is 0 Å². The molecule has 4 nitrogen and oxygen atoms in total. The van der Waals surface area contributed by atoms with Gasteiger partial charge in [-0.3, -0.25) is 10.1 Å². The molecule has 0 aliphatic rings. The van der Waals surface area contributed by atoms with E-state index in [1.54, 1.807) is 7.05 Å². The van der Waals surface area contributed by atoms with Crippen molar-refractivity contribution in [1.82, 2.24) is 10.2 Å². The van der Waals surface area contributed by atoms with E-state index in [1.807, 2.05) is 6.92 Å². The van der Waals surface area contributed by atoms with E-state index in [-0.39, 0.29) is 0 Å². The molecule has 3 amide bonds. The zero-order valence-corrected chi connectivity index (χ0v) is 8.89. The van der Waals surface area contributed by atoms with E-state index < -0.39 is 17.3 Å². The van der Waals surface area contributed by atoms with Crippen LogP contribution in [-0.4, -0.2) is 35.8 Å². The number of urea groups is 1. The van der Waals surface area contributed by atoms with Gasteiger partial charge in [0.15, 0.2) is 0 Å². The summed E-state index contributed by atoms with van der Waals surface area (Å²) in [5.74, 6) is -0.463. The quantitative estimate of drug-likeness (QED) is 0.706. The Hall–Kier alpha value is -0.770. The van der Waals surface area contributed by atoms with Crippen molar-refractivity contribution in [3.63, 3.8) is 0 Å². The lowest BCUT2D eigenvalue weighted by Gasteiger charge is -2.16. The maximum absolute atomic E-state index is 11.2. The third-order valence-electron chi connectivity index (χ3n) is 1.50. The summed E-state index contributed by atoms with van der Waals surface area (Å²) >= 11 is 5.47. The molecular weight excluding hydrogens is 192 g/mol. The van der Waals surface area contributed by atoms with Gasteiger partial charge in [0.25, 0.3) is 0 Å². The van der Waals surface area contributed by atoms with Crippen molar-refractivity contribution in [3.8, 4) is 0 Å². The summed E-state index contributed by atoms with van der Waals surface area (Å²) in [6.07, 6.45) is 0.856. The molecule has 0 saturated carbocycles. The van der Waals surface area contributed by atoms with Crippen LogP contribution >= 0.6 is 11.6 Å². The van der Waals surface area contributed by atoms with Gasteiger partial charge in [0.1, 0.15) is 5.38 Å². The first-order valence-electron chi connectivity index (χ1n) is 4.19.